The number of carbonyl (C=O) groups excluding carboxylic acids is 2. The smallest absolute Gasteiger partial charge is 0.244 e. The lowest BCUT2D eigenvalue weighted by Gasteiger charge is -2.35. The molecule has 2 atom stereocenters. The van der Waals surface area contributed by atoms with Crippen molar-refractivity contribution in [3.63, 3.8) is 0 Å². The van der Waals surface area contributed by atoms with Crippen LogP contribution in [0.4, 0.5) is 0 Å². The number of nitrogens with one attached hydrogen (secondary N) is 2. The lowest BCUT2D eigenvalue weighted by molar-refractivity contribution is -0.135. The molecule has 8 heteroatoms. The molecule has 1 aromatic rings. The molecule has 1 saturated heterocycles. The SMILES string of the molecule is CNC(C(=O)N1CCCC(CNC(=O)C(C)(C)C)C1)c1cnn(C)c1.Cl. The number of aryl methyl sites for hydroxylation is 1. The fraction of sp³-hybridized carbons (Fsp3) is 0.722. The first kappa shape index (κ1) is 22.4. The molecular formula is C18H32ClN5O2. The minimum atomic E-state index is -0.387. The number of carbonyl (C=O) groups is 2. The van der Waals surface area contributed by atoms with Gasteiger partial charge in [-0.2, -0.15) is 5.10 Å². The van der Waals surface area contributed by atoms with Crippen LogP contribution in [-0.2, 0) is 16.6 Å². The van der Waals surface area contributed by atoms with Gasteiger partial charge < -0.3 is 15.5 Å². The van der Waals surface area contributed by atoms with E-state index in [1.807, 2.05) is 38.9 Å². The summed E-state index contributed by atoms with van der Waals surface area (Å²) in [5.41, 5.74) is 0.486. The van der Waals surface area contributed by atoms with E-state index >= 15 is 0 Å². The van der Waals surface area contributed by atoms with E-state index in [0.29, 0.717) is 19.0 Å². The predicted octanol–water partition coefficient (Wildman–Crippen LogP) is 1.50. The third-order valence-electron chi connectivity index (χ3n) is 4.66. The number of likely N-dealkylation sites (N-methyl/N-ethyl adjacent to an activating group) is 1. The van der Waals surface area contributed by atoms with Crippen LogP contribution in [0.1, 0.15) is 45.2 Å². The van der Waals surface area contributed by atoms with E-state index in [9.17, 15) is 9.59 Å². The molecule has 0 aromatic carbocycles. The second-order valence-electron chi connectivity index (χ2n) is 7.92. The molecule has 0 saturated carbocycles. The number of hydrogen-bond donors (Lipinski definition) is 2. The number of nitrogens with zero attached hydrogens (tertiary/aromatic N) is 3. The number of likely N-dealkylation sites (tertiary alicyclic amines) is 1. The maximum absolute atomic E-state index is 12.9. The summed E-state index contributed by atoms with van der Waals surface area (Å²) in [6, 6.07) is -0.378. The second kappa shape index (κ2) is 9.37. The summed E-state index contributed by atoms with van der Waals surface area (Å²) >= 11 is 0. The minimum Gasteiger partial charge on any atom is -0.355 e. The average molecular weight is 386 g/mol. The molecule has 148 valence electrons. The van der Waals surface area contributed by atoms with E-state index in [1.165, 1.54) is 0 Å². The summed E-state index contributed by atoms with van der Waals surface area (Å²) in [6.45, 7) is 7.79. The third-order valence-corrected chi connectivity index (χ3v) is 4.66. The molecule has 1 aromatic heterocycles. The van der Waals surface area contributed by atoms with Crippen LogP contribution in [0.5, 0.6) is 0 Å². The predicted molar refractivity (Wildman–Crippen MR) is 104 cm³/mol. The van der Waals surface area contributed by atoms with Crippen LogP contribution in [-0.4, -0.2) is 53.2 Å². The number of halogens is 1. The van der Waals surface area contributed by atoms with Crippen LogP contribution in [0.3, 0.4) is 0 Å². The lowest BCUT2D eigenvalue weighted by Crippen LogP contribution is -2.48. The Bertz CT molecular complexity index is 611. The maximum atomic E-state index is 12.9. The summed E-state index contributed by atoms with van der Waals surface area (Å²) in [5.74, 6) is 0.428. The van der Waals surface area contributed by atoms with Gasteiger partial charge in [-0.25, -0.2) is 0 Å². The zero-order valence-corrected chi connectivity index (χ0v) is 17.2. The van der Waals surface area contributed by atoms with E-state index in [2.05, 4.69) is 15.7 Å². The molecule has 2 unspecified atom stereocenters. The van der Waals surface area contributed by atoms with Crippen molar-refractivity contribution in [3.8, 4) is 0 Å². The summed E-state index contributed by atoms with van der Waals surface area (Å²) in [5, 5.41) is 10.3. The highest BCUT2D eigenvalue weighted by atomic mass is 35.5. The minimum absolute atomic E-state index is 0. The summed E-state index contributed by atoms with van der Waals surface area (Å²) < 4.78 is 1.70. The Morgan fingerprint density at radius 3 is 2.62 bits per heavy atom. The Morgan fingerprint density at radius 2 is 2.08 bits per heavy atom. The quantitative estimate of drug-likeness (QED) is 0.805. The first-order valence-corrected chi connectivity index (χ1v) is 8.95. The third kappa shape index (κ3) is 5.71. The van der Waals surface area contributed by atoms with Crippen molar-refractivity contribution in [1.29, 1.82) is 0 Å². The van der Waals surface area contributed by atoms with E-state index in [1.54, 1.807) is 17.9 Å². The Labute approximate surface area is 162 Å². The lowest BCUT2D eigenvalue weighted by atomic mass is 9.93. The van der Waals surface area contributed by atoms with Crippen LogP contribution in [0.2, 0.25) is 0 Å². The molecule has 26 heavy (non-hydrogen) atoms. The van der Waals surface area contributed by atoms with Gasteiger partial charge in [-0.15, -0.1) is 12.4 Å². The van der Waals surface area contributed by atoms with Crippen molar-refractivity contribution in [2.75, 3.05) is 26.7 Å². The Balaban J connectivity index is 0.00000338. The normalized spacial score (nSPS) is 18.8. The Kier molecular flexibility index (Phi) is 8.09. The highest BCUT2D eigenvalue weighted by Crippen LogP contribution is 2.22. The highest BCUT2D eigenvalue weighted by molar-refractivity contribution is 5.85. The number of hydrogen-bond acceptors (Lipinski definition) is 4. The molecule has 1 aliphatic heterocycles. The van der Waals surface area contributed by atoms with Crippen molar-refractivity contribution in [3.05, 3.63) is 18.0 Å². The van der Waals surface area contributed by atoms with Gasteiger partial charge in [0.15, 0.2) is 0 Å². The van der Waals surface area contributed by atoms with Crippen molar-refractivity contribution in [1.82, 2.24) is 25.3 Å². The average Bonchev–Trinajstić information content (AvgIpc) is 2.98. The van der Waals surface area contributed by atoms with E-state index in [4.69, 9.17) is 0 Å². The number of rotatable bonds is 5. The molecule has 2 amide bonds. The van der Waals surface area contributed by atoms with E-state index in [-0.39, 0.29) is 35.7 Å². The van der Waals surface area contributed by atoms with Gasteiger partial charge in [0, 0.05) is 43.9 Å². The summed E-state index contributed by atoms with van der Waals surface area (Å²) in [7, 11) is 3.63. The van der Waals surface area contributed by atoms with Crippen LogP contribution in [0.25, 0.3) is 0 Å². The number of aromatic nitrogens is 2. The molecule has 1 aliphatic rings. The van der Waals surface area contributed by atoms with Gasteiger partial charge in [-0.3, -0.25) is 14.3 Å². The van der Waals surface area contributed by atoms with E-state index < -0.39 is 0 Å². The fourth-order valence-corrected chi connectivity index (χ4v) is 3.14. The fourth-order valence-electron chi connectivity index (χ4n) is 3.14. The first-order valence-electron chi connectivity index (χ1n) is 8.95. The molecule has 2 N–H and O–H groups in total. The zero-order chi connectivity index (χ0) is 18.6. The molecule has 2 rings (SSSR count). The van der Waals surface area contributed by atoms with Crippen molar-refractivity contribution < 1.29 is 9.59 Å². The molecule has 0 aliphatic carbocycles. The van der Waals surface area contributed by atoms with Crippen LogP contribution in [0, 0.1) is 11.3 Å². The summed E-state index contributed by atoms with van der Waals surface area (Å²) in [6.07, 6.45) is 5.59. The molecule has 0 spiro atoms. The van der Waals surface area contributed by atoms with Gasteiger partial charge in [0.05, 0.1) is 6.20 Å². The van der Waals surface area contributed by atoms with Crippen LogP contribution >= 0.6 is 12.4 Å². The van der Waals surface area contributed by atoms with Crippen molar-refractivity contribution in [2.24, 2.45) is 18.4 Å². The molecule has 2 heterocycles. The second-order valence-corrected chi connectivity index (χ2v) is 7.92. The number of piperidine rings is 1. The Morgan fingerprint density at radius 1 is 1.38 bits per heavy atom. The molecule has 7 nitrogen and oxygen atoms in total. The largest absolute Gasteiger partial charge is 0.355 e. The van der Waals surface area contributed by atoms with Crippen LogP contribution in [0.15, 0.2) is 12.4 Å². The van der Waals surface area contributed by atoms with Crippen molar-refractivity contribution >= 4 is 24.2 Å². The van der Waals surface area contributed by atoms with Gasteiger partial charge in [-0.05, 0) is 25.8 Å². The van der Waals surface area contributed by atoms with Crippen molar-refractivity contribution in [2.45, 2.75) is 39.7 Å². The van der Waals surface area contributed by atoms with Gasteiger partial charge in [-0.1, -0.05) is 20.8 Å². The standard InChI is InChI=1S/C18H31N5O2.ClH/c1-18(2,3)17(25)20-9-13-7-6-8-23(11-13)16(24)15(19-4)14-10-21-22(5)12-14;/h10,12-13,15,19H,6-9,11H2,1-5H3,(H,20,25);1H. The molecular weight excluding hydrogens is 354 g/mol. The molecule has 0 radical (unpaired) electrons. The number of amides is 2. The molecule has 1 fully saturated rings. The highest BCUT2D eigenvalue weighted by Gasteiger charge is 2.30. The molecule has 0 bridgehead atoms. The van der Waals surface area contributed by atoms with Gasteiger partial charge in [0.25, 0.3) is 0 Å². The first-order chi connectivity index (χ1) is 11.7. The van der Waals surface area contributed by atoms with Gasteiger partial charge in [0.2, 0.25) is 11.8 Å². The summed E-state index contributed by atoms with van der Waals surface area (Å²) in [4.78, 5) is 26.9. The Hall–Kier alpha value is -1.60. The van der Waals surface area contributed by atoms with E-state index in [0.717, 1.165) is 24.9 Å². The van der Waals surface area contributed by atoms with Gasteiger partial charge >= 0.3 is 0 Å². The zero-order valence-electron chi connectivity index (χ0n) is 16.4. The maximum Gasteiger partial charge on any atom is 0.244 e. The topological polar surface area (TPSA) is 79.3 Å². The van der Waals surface area contributed by atoms with Crippen LogP contribution < -0.4 is 10.6 Å². The van der Waals surface area contributed by atoms with Gasteiger partial charge in [0.1, 0.15) is 6.04 Å². The monoisotopic (exact) mass is 385 g/mol.